The summed E-state index contributed by atoms with van der Waals surface area (Å²) < 4.78 is 14.2. The molecule has 0 aliphatic rings. The van der Waals surface area contributed by atoms with E-state index in [1.54, 1.807) is 0 Å². The normalized spacial score (nSPS) is 11.9. The fourth-order valence-corrected chi connectivity index (χ4v) is 22.9. The molecule has 0 aliphatic heterocycles. The number of nitrogens with zero attached hydrogens (tertiary/aromatic N) is 12. The molecule has 0 radical (unpaired) electrons. The summed E-state index contributed by atoms with van der Waals surface area (Å²) in [4.78, 5) is 32.7. The van der Waals surface area contributed by atoms with Gasteiger partial charge in [0.25, 0.3) is 0 Å². The minimum atomic E-state index is 0.817. The average molecular weight is 1840 g/mol. The predicted molar refractivity (Wildman–Crippen MR) is 599 cm³/mol. The standard InChI is InChI=1S/C48H30N4.2C42H26N4/c1-3-13-31(14-4-1)32-25-28-35(29-26-32)51-40-21-10-9-19-37(40)38-20-11-22-41-44(38)45-42(51)23-12-24-43(45)52(41)48-46(34-16-5-2-6-17-34)49-39-30-27-33-15-7-8-18-36(33)47(39)50-48;1-3-14-28(15-4-1)40-42(43-33-26-25-27-13-7-8-18-30(27)41(33)44-40)46-35-22-11-20-32-31-19-9-10-21-34(31)45(29-16-5-2-6-17-29)36-23-12-24-37(46)39(36)38(32)35;1-3-14-28(15-4-1)40-42(44-41-30-18-8-7-13-27(30)25-26-33(41)43-40)46-35-22-11-20-32-31-19-9-10-21-34(31)45(29-16-5-2-6-17-29)36-23-12-24-37(46)39(36)38(32)35/h1-30H;2*1-26H. The van der Waals surface area contributed by atoms with Gasteiger partial charge < -0.3 is 13.7 Å². The van der Waals surface area contributed by atoms with E-state index in [0.29, 0.717) is 0 Å². The average Bonchev–Trinajstić information content (AvgIpc) is 1.55. The Kier molecular flexibility index (Phi) is 18.8. The third-order valence-electron chi connectivity index (χ3n) is 29.1. The molecular formula is C132H82N12. The highest BCUT2D eigenvalue weighted by Gasteiger charge is 2.30. The molecule has 0 atom stereocenters. The van der Waals surface area contributed by atoms with E-state index in [1.807, 2.05) is 12.1 Å². The molecule has 9 heterocycles. The van der Waals surface area contributed by atoms with Crippen LogP contribution < -0.4 is 0 Å². The van der Waals surface area contributed by atoms with E-state index in [-0.39, 0.29) is 0 Å². The number of hydrogen-bond donors (Lipinski definition) is 0. The summed E-state index contributed by atoms with van der Waals surface area (Å²) in [6, 6.07) is 176. The van der Waals surface area contributed by atoms with Gasteiger partial charge in [-0.3, -0.25) is 13.7 Å². The van der Waals surface area contributed by atoms with Gasteiger partial charge in [0, 0.05) is 98.4 Å². The van der Waals surface area contributed by atoms with Gasteiger partial charge in [-0.05, 0) is 171 Å². The highest BCUT2D eigenvalue weighted by molar-refractivity contribution is 6.32. The maximum Gasteiger partial charge on any atom is 0.165 e. The molecule has 670 valence electrons. The zero-order valence-electron chi connectivity index (χ0n) is 77.7. The van der Waals surface area contributed by atoms with Crippen molar-refractivity contribution in [2.24, 2.45) is 0 Å². The van der Waals surface area contributed by atoms with Crippen molar-refractivity contribution in [2.75, 3.05) is 0 Å². The van der Waals surface area contributed by atoms with Crippen molar-refractivity contribution in [3.8, 4) is 79.4 Å². The van der Waals surface area contributed by atoms with Crippen LogP contribution in [0.3, 0.4) is 0 Å². The van der Waals surface area contributed by atoms with Gasteiger partial charge in [-0.25, -0.2) is 29.9 Å². The van der Waals surface area contributed by atoms with E-state index in [2.05, 4.69) is 513 Å². The molecule has 31 rings (SSSR count). The van der Waals surface area contributed by atoms with Crippen molar-refractivity contribution in [2.45, 2.75) is 0 Å². The maximum atomic E-state index is 5.57. The number of aromatic nitrogens is 12. The topological polar surface area (TPSA) is 107 Å². The zero-order valence-corrected chi connectivity index (χ0v) is 77.7. The molecule has 0 bridgehead atoms. The van der Waals surface area contributed by atoms with Crippen LogP contribution in [-0.4, -0.2) is 57.3 Å². The van der Waals surface area contributed by atoms with Gasteiger partial charge in [0.2, 0.25) is 0 Å². The van der Waals surface area contributed by atoms with Crippen LogP contribution in [0.2, 0.25) is 0 Å². The molecule has 0 saturated carbocycles. The lowest BCUT2D eigenvalue weighted by Crippen LogP contribution is -2.04. The maximum absolute atomic E-state index is 5.57. The lowest BCUT2D eigenvalue weighted by atomic mass is 10.1. The first-order valence-electron chi connectivity index (χ1n) is 48.9. The summed E-state index contributed by atoms with van der Waals surface area (Å²) in [5.41, 5.74) is 30.3. The van der Waals surface area contributed by atoms with Crippen molar-refractivity contribution >= 4 is 196 Å². The summed E-state index contributed by atoms with van der Waals surface area (Å²) in [6.45, 7) is 0. The molecule has 144 heavy (non-hydrogen) atoms. The number of rotatable bonds is 10. The van der Waals surface area contributed by atoms with Gasteiger partial charge in [-0.2, -0.15) is 0 Å². The van der Waals surface area contributed by atoms with E-state index in [0.717, 1.165) is 189 Å². The summed E-state index contributed by atoms with van der Waals surface area (Å²) in [5.74, 6) is 2.46. The van der Waals surface area contributed by atoms with Crippen LogP contribution in [0.1, 0.15) is 0 Å². The molecule has 0 aliphatic carbocycles. The van der Waals surface area contributed by atoms with Crippen LogP contribution in [0.5, 0.6) is 0 Å². The van der Waals surface area contributed by atoms with Crippen molar-refractivity contribution in [3.63, 3.8) is 0 Å². The molecule has 22 aromatic carbocycles. The van der Waals surface area contributed by atoms with Crippen LogP contribution in [0, 0.1) is 0 Å². The Bertz CT molecular complexity index is 10700. The van der Waals surface area contributed by atoms with Gasteiger partial charge in [0.15, 0.2) is 17.5 Å². The summed E-state index contributed by atoms with van der Waals surface area (Å²) in [7, 11) is 0. The first-order chi connectivity index (χ1) is 71.5. The smallest absolute Gasteiger partial charge is 0.165 e. The summed E-state index contributed by atoms with van der Waals surface area (Å²) in [6.07, 6.45) is 0. The predicted octanol–water partition coefficient (Wildman–Crippen LogP) is 33.6. The third-order valence-corrected chi connectivity index (χ3v) is 29.1. The quantitative estimate of drug-likeness (QED) is 0.126. The fourth-order valence-electron chi connectivity index (χ4n) is 22.9. The Morgan fingerprint density at radius 3 is 0.701 bits per heavy atom. The van der Waals surface area contributed by atoms with Crippen molar-refractivity contribution in [1.29, 1.82) is 0 Å². The van der Waals surface area contributed by atoms with E-state index in [1.165, 1.54) is 86.8 Å². The Morgan fingerprint density at radius 2 is 0.354 bits per heavy atom. The van der Waals surface area contributed by atoms with Gasteiger partial charge >= 0.3 is 0 Å². The molecule has 0 spiro atoms. The SMILES string of the molecule is c1ccc(-c2ccc(-n3c4ccccc4c4cccc5c4c4c3cccc4n5-c3nc4c(ccc5ccccc54)nc3-c3ccccc3)cc2)cc1.c1ccc(-c2nc3c(ccc4ccccc43)nc2-n2c3cccc4c5ccccc5n(-c5ccccc5)c5cccc2c5c43)cc1.c1ccc(-c2nc3ccc4ccccc4c3nc2-n2c3cccc4c5ccccc5n(-c5ccccc5)c5cccc2c5c43)cc1. The van der Waals surface area contributed by atoms with Crippen LogP contribution >= 0.6 is 0 Å². The zero-order chi connectivity index (χ0) is 94.6. The molecule has 12 heteroatoms. The third kappa shape index (κ3) is 12.8. The largest absolute Gasteiger partial charge is 0.309 e. The Morgan fingerprint density at radius 1 is 0.125 bits per heavy atom. The van der Waals surface area contributed by atoms with Gasteiger partial charge in [0.1, 0.15) is 17.1 Å². The lowest BCUT2D eigenvalue weighted by Gasteiger charge is -2.16. The molecule has 9 aromatic heterocycles. The highest BCUT2D eigenvalue weighted by Crippen LogP contribution is 2.50. The second-order valence-electron chi connectivity index (χ2n) is 37.0. The second-order valence-corrected chi connectivity index (χ2v) is 37.0. The highest BCUT2D eigenvalue weighted by atomic mass is 15.1. The first kappa shape index (κ1) is 81.6. The lowest BCUT2D eigenvalue weighted by molar-refractivity contribution is 1.08. The Labute approximate surface area is 824 Å². The molecule has 12 nitrogen and oxygen atoms in total. The molecular weight excluding hydrogens is 1750 g/mol. The van der Waals surface area contributed by atoms with Gasteiger partial charge in [-0.1, -0.05) is 370 Å². The van der Waals surface area contributed by atoms with E-state index in [4.69, 9.17) is 29.9 Å². The second kappa shape index (κ2) is 33.1. The van der Waals surface area contributed by atoms with Crippen LogP contribution in [-0.2, 0) is 0 Å². The fraction of sp³-hybridized carbons (Fsp3) is 0. The minimum absolute atomic E-state index is 0.817. The molecule has 0 N–H and O–H groups in total. The van der Waals surface area contributed by atoms with Crippen LogP contribution in [0.25, 0.3) is 276 Å². The molecule has 0 saturated heterocycles. The Hall–Kier alpha value is -19.6. The Balaban J connectivity index is 0.000000103. The van der Waals surface area contributed by atoms with Crippen LogP contribution in [0.4, 0.5) is 0 Å². The molecule has 0 fully saturated rings. The minimum Gasteiger partial charge on any atom is -0.309 e. The monoisotopic (exact) mass is 1830 g/mol. The number of hydrogen-bond acceptors (Lipinski definition) is 6. The summed E-state index contributed by atoms with van der Waals surface area (Å²) >= 11 is 0. The van der Waals surface area contributed by atoms with Gasteiger partial charge in [0.05, 0.1) is 99.3 Å². The van der Waals surface area contributed by atoms with E-state index in [9.17, 15) is 0 Å². The van der Waals surface area contributed by atoms with Crippen molar-refractivity contribution < 1.29 is 0 Å². The molecule has 0 amide bonds. The molecule has 0 unspecified atom stereocenters. The number of benzene rings is 22. The van der Waals surface area contributed by atoms with Crippen molar-refractivity contribution in [3.05, 3.63) is 497 Å². The number of fused-ring (bicyclic) bond motifs is 15. The van der Waals surface area contributed by atoms with Crippen molar-refractivity contribution in [1.82, 2.24) is 57.3 Å². The van der Waals surface area contributed by atoms with Gasteiger partial charge in [-0.15, -0.1) is 0 Å². The van der Waals surface area contributed by atoms with E-state index >= 15 is 0 Å². The number of para-hydroxylation sites is 5. The molecule has 31 aromatic rings. The summed E-state index contributed by atoms with van der Waals surface area (Å²) in [5, 5.41) is 21.2. The van der Waals surface area contributed by atoms with E-state index < -0.39 is 0 Å². The first-order valence-corrected chi connectivity index (χ1v) is 48.9. The van der Waals surface area contributed by atoms with Crippen LogP contribution in [0.15, 0.2) is 497 Å².